The highest BCUT2D eigenvalue weighted by Crippen LogP contribution is 2.27. The highest BCUT2D eigenvalue weighted by Gasteiger charge is 2.26. The molecule has 2 N–H and O–H groups in total. The molecule has 0 bridgehead atoms. The fourth-order valence-electron chi connectivity index (χ4n) is 1.71. The molecule has 1 saturated carbocycles. The summed E-state index contributed by atoms with van der Waals surface area (Å²) in [7, 11) is 0. The maximum absolute atomic E-state index is 8.69. The van der Waals surface area contributed by atoms with Crippen molar-refractivity contribution in [1.82, 2.24) is 0 Å². The van der Waals surface area contributed by atoms with E-state index in [9.17, 15) is 0 Å². The van der Waals surface area contributed by atoms with E-state index in [1.165, 1.54) is 0 Å². The lowest BCUT2D eigenvalue weighted by Crippen LogP contribution is -2.27. The lowest BCUT2D eigenvalue weighted by atomic mass is 9.80. The molecule has 1 atom stereocenters. The molecule has 0 saturated heterocycles. The number of rotatable bonds is 1. The van der Waals surface area contributed by atoms with Crippen molar-refractivity contribution in [3.63, 3.8) is 0 Å². The van der Waals surface area contributed by atoms with Crippen LogP contribution < -0.4 is 0 Å². The van der Waals surface area contributed by atoms with Crippen LogP contribution in [0.3, 0.4) is 0 Å². The smallest absolute Gasteiger partial charge is 0.105 e. The molecule has 74 valence electrons. The van der Waals surface area contributed by atoms with Crippen molar-refractivity contribution in [2.24, 2.45) is 22.1 Å². The van der Waals surface area contributed by atoms with Gasteiger partial charge in [0.05, 0.1) is 0 Å². The van der Waals surface area contributed by atoms with E-state index < -0.39 is 0 Å². The van der Waals surface area contributed by atoms with E-state index in [2.05, 4.69) is 24.2 Å². The molecule has 0 aromatic carbocycles. The molecule has 1 rings (SSSR count). The number of hydrogen-bond donors (Lipinski definition) is 2. The van der Waals surface area contributed by atoms with E-state index in [1.54, 1.807) is 0 Å². The van der Waals surface area contributed by atoms with Gasteiger partial charge in [-0.25, -0.2) is 0 Å². The van der Waals surface area contributed by atoms with Crippen LogP contribution in [0.2, 0.25) is 0 Å². The van der Waals surface area contributed by atoms with Crippen molar-refractivity contribution in [3.05, 3.63) is 0 Å². The zero-order valence-corrected chi connectivity index (χ0v) is 8.06. The van der Waals surface area contributed by atoms with Crippen LogP contribution in [0, 0.1) is 11.8 Å². The Labute approximate surface area is 77.9 Å². The molecule has 0 aromatic heterocycles. The van der Waals surface area contributed by atoms with Crippen molar-refractivity contribution >= 4 is 11.4 Å². The molecule has 0 amide bonds. The lowest BCUT2D eigenvalue weighted by Gasteiger charge is -2.25. The fraction of sp³-hybridized carbons (Fsp3) is 0.778. The average Bonchev–Trinajstić information content (AvgIpc) is 2.16. The Morgan fingerprint density at radius 3 is 2.31 bits per heavy atom. The summed E-state index contributed by atoms with van der Waals surface area (Å²) in [5.41, 5.74) is 1.06. The van der Waals surface area contributed by atoms with Crippen LogP contribution >= 0.6 is 0 Å². The first kappa shape index (κ1) is 10.0. The molecule has 1 fully saturated rings. The van der Waals surface area contributed by atoms with Gasteiger partial charge in [0.2, 0.25) is 0 Å². The zero-order chi connectivity index (χ0) is 9.84. The monoisotopic (exact) mass is 184 g/mol. The summed E-state index contributed by atoms with van der Waals surface area (Å²) >= 11 is 0. The summed E-state index contributed by atoms with van der Waals surface area (Å²) in [5, 5.41) is 23.6. The van der Waals surface area contributed by atoms with Gasteiger partial charge in [-0.1, -0.05) is 24.2 Å². The summed E-state index contributed by atoms with van der Waals surface area (Å²) in [6.07, 6.45) is 2.43. The molecule has 1 aliphatic rings. The third-order valence-electron chi connectivity index (χ3n) is 2.72. The van der Waals surface area contributed by atoms with Gasteiger partial charge < -0.3 is 10.4 Å². The van der Waals surface area contributed by atoms with Gasteiger partial charge in [-0.05, 0) is 31.1 Å². The average molecular weight is 184 g/mol. The second-order valence-electron chi connectivity index (χ2n) is 3.84. The van der Waals surface area contributed by atoms with Gasteiger partial charge >= 0.3 is 0 Å². The Hall–Kier alpha value is -1.06. The standard InChI is InChI=1S/C9H16N2O2/c1-6(2)7-3-4-8(10-12)9(5-7)11-13/h6-7,12-13H,3-5H2,1-2H3/b10-8-,11-9-. The molecule has 1 unspecified atom stereocenters. The molecule has 0 aliphatic heterocycles. The van der Waals surface area contributed by atoms with Crippen LogP contribution in [0.15, 0.2) is 10.3 Å². The fourth-order valence-corrected chi connectivity index (χ4v) is 1.71. The second kappa shape index (κ2) is 4.25. The molecule has 13 heavy (non-hydrogen) atoms. The highest BCUT2D eigenvalue weighted by atomic mass is 16.4. The Balaban J connectivity index is 2.69. The predicted octanol–water partition coefficient (Wildman–Crippen LogP) is 2.10. The van der Waals surface area contributed by atoms with Gasteiger partial charge in [-0.2, -0.15) is 0 Å². The summed E-state index contributed by atoms with van der Waals surface area (Å²) in [5.74, 6) is 1.12. The van der Waals surface area contributed by atoms with E-state index in [-0.39, 0.29) is 0 Å². The van der Waals surface area contributed by atoms with Crippen LogP contribution in [0.1, 0.15) is 33.1 Å². The Kier molecular flexibility index (Phi) is 3.28. The number of oxime groups is 2. The summed E-state index contributed by atoms with van der Waals surface area (Å²) < 4.78 is 0. The third kappa shape index (κ3) is 2.20. The van der Waals surface area contributed by atoms with Gasteiger partial charge in [0.25, 0.3) is 0 Å². The molecule has 0 spiro atoms. The van der Waals surface area contributed by atoms with Crippen molar-refractivity contribution < 1.29 is 10.4 Å². The molecule has 4 heteroatoms. The summed E-state index contributed by atoms with van der Waals surface area (Å²) in [4.78, 5) is 0. The first-order chi connectivity index (χ1) is 6.19. The van der Waals surface area contributed by atoms with Crippen LogP contribution in [0.5, 0.6) is 0 Å². The largest absolute Gasteiger partial charge is 0.411 e. The van der Waals surface area contributed by atoms with Crippen molar-refractivity contribution in [2.45, 2.75) is 33.1 Å². The number of hydrogen-bond acceptors (Lipinski definition) is 4. The SMILES string of the molecule is CC(C)C1CCC(=N/O)/C(=N\O)C1. The third-order valence-corrected chi connectivity index (χ3v) is 2.72. The topological polar surface area (TPSA) is 65.2 Å². The van der Waals surface area contributed by atoms with Crippen LogP contribution in [0.4, 0.5) is 0 Å². The Morgan fingerprint density at radius 2 is 1.85 bits per heavy atom. The van der Waals surface area contributed by atoms with E-state index >= 15 is 0 Å². The quantitative estimate of drug-likeness (QED) is 0.484. The summed E-state index contributed by atoms with van der Waals surface area (Å²) in [6.45, 7) is 4.31. The van der Waals surface area contributed by atoms with Crippen LogP contribution in [-0.2, 0) is 0 Å². The Bertz CT molecular complexity index is 234. The van der Waals surface area contributed by atoms with Gasteiger partial charge in [-0.15, -0.1) is 0 Å². The molecule has 0 heterocycles. The minimum atomic E-state index is 0.527. The molecule has 4 nitrogen and oxygen atoms in total. The molecule has 0 aromatic rings. The van der Waals surface area contributed by atoms with Gasteiger partial charge in [-0.3, -0.25) is 0 Å². The Morgan fingerprint density at radius 1 is 1.23 bits per heavy atom. The maximum atomic E-state index is 8.69. The summed E-state index contributed by atoms with van der Waals surface area (Å²) in [6, 6.07) is 0. The van der Waals surface area contributed by atoms with Gasteiger partial charge in [0, 0.05) is 0 Å². The van der Waals surface area contributed by atoms with Crippen molar-refractivity contribution in [2.75, 3.05) is 0 Å². The second-order valence-corrected chi connectivity index (χ2v) is 3.84. The van der Waals surface area contributed by atoms with E-state index in [0.29, 0.717) is 36.1 Å². The van der Waals surface area contributed by atoms with E-state index in [4.69, 9.17) is 10.4 Å². The predicted molar refractivity (Wildman–Crippen MR) is 50.6 cm³/mol. The molecular formula is C9H16N2O2. The first-order valence-corrected chi connectivity index (χ1v) is 4.61. The van der Waals surface area contributed by atoms with E-state index in [1.807, 2.05) is 0 Å². The van der Waals surface area contributed by atoms with Gasteiger partial charge in [0.15, 0.2) is 0 Å². The normalized spacial score (nSPS) is 30.2. The lowest BCUT2D eigenvalue weighted by molar-refractivity contribution is 0.301. The molecular weight excluding hydrogens is 168 g/mol. The van der Waals surface area contributed by atoms with E-state index in [0.717, 1.165) is 6.42 Å². The molecule has 1 aliphatic carbocycles. The number of nitrogens with zero attached hydrogens (tertiary/aromatic N) is 2. The zero-order valence-electron chi connectivity index (χ0n) is 8.06. The maximum Gasteiger partial charge on any atom is 0.105 e. The van der Waals surface area contributed by atoms with Crippen LogP contribution in [-0.4, -0.2) is 21.8 Å². The first-order valence-electron chi connectivity index (χ1n) is 4.61. The van der Waals surface area contributed by atoms with Crippen molar-refractivity contribution in [1.29, 1.82) is 0 Å². The van der Waals surface area contributed by atoms with Crippen LogP contribution in [0.25, 0.3) is 0 Å². The highest BCUT2D eigenvalue weighted by molar-refractivity contribution is 6.42. The minimum absolute atomic E-state index is 0.527. The van der Waals surface area contributed by atoms with Gasteiger partial charge in [0.1, 0.15) is 11.4 Å². The minimum Gasteiger partial charge on any atom is -0.411 e. The molecule has 0 radical (unpaired) electrons. The van der Waals surface area contributed by atoms with Crippen molar-refractivity contribution in [3.8, 4) is 0 Å².